The summed E-state index contributed by atoms with van der Waals surface area (Å²) in [6.07, 6.45) is 0.219. The Bertz CT molecular complexity index is 1670. The number of carbonyl (C=O) groups excluding carboxylic acids is 2. The Labute approximate surface area is 270 Å². The first kappa shape index (κ1) is 32.5. The van der Waals surface area contributed by atoms with E-state index in [1.807, 2.05) is 61.5 Å². The predicted octanol–water partition coefficient (Wildman–Crippen LogP) is 6.65. The lowest BCUT2D eigenvalue weighted by atomic mass is 10.0. The molecule has 0 aliphatic rings. The average molecular weight is 703 g/mol. The lowest BCUT2D eigenvalue weighted by Gasteiger charge is -2.33. The second-order valence-corrected chi connectivity index (χ2v) is 13.6. The first-order valence-electron chi connectivity index (χ1n) is 13.3. The van der Waals surface area contributed by atoms with Crippen LogP contribution in [0.2, 0.25) is 10.0 Å². The Balaban J connectivity index is 1.80. The van der Waals surface area contributed by atoms with E-state index in [0.717, 1.165) is 25.5 Å². The Hall–Kier alpha value is -3.37. The first-order valence-corrected chi connectivity index (χ1v) is 16.3. The van der Waals surface area contributed by atoms with Gasteiger partial charge in [-0.1, -0.05) is 99.3 Å². The van der Waals surface area contributed by atoms with Crippen molar-refractivity contribution in [2.75, 3.05) is 17.9 Å². The molecule has 0 unspecified atom stereocenters. The fourth-order valence-electron chi connectivity index (χ4n) is 4.56. The summed E-state index contributed by atoms with van der Waals surface area (Å²) in [6.45, 7) is 1.30. The van der Waals surface area contributed by atoms with Crippen molar-refractivity contribution < 1.29 is 18.0 Å². The van der Waals surface area contributed by atoms with E-state index >= 15 is 0 Å². The third-order valence-corrected chi connectivity index (χ3v) is 9.56. The molecule has 4 rings (SSSR count). The fraction of sp³-hybridized carbons (Fsp3) is 0.188. The molecule has 224 valence electrons. The zero-order chi connectivity index (χ0) is 31.1. The molecule has 0 aliphatic heterocycles. The van der Waals surface area contributed by atoms with Crippen LogP contribution in [0.1, 0.15) is 16.7 Å². The zero-order valence-corrected chi connectivity index (χ0v) is 27.4. The van der Waals surface area contributed by atoms with Crippen LogP contribution in [-0.2, 0) is 32.6 Å². The second-order valence-electron chi connectivity index (χ2n) is 9.92. The lowest BCUT2D eigenvalue weighted by Crippen LogP contribution is -2.53. The molecule has 0 spiro atoms. The van der Waals surface area contributed by atoms with Crippen LogP contribution in [-0.4, -0.2) is 44.8 Å². The number of nitrogens with zero attached hydrogens (tertiary/aromatic N) is 2. The highest BCUT2D eigenvalue weighted by Crippen LogP contribution is 2.30. The van der Waals surface area contributed by atoms with Crippen molar-refractivity contribution >= 4 is 66.7 Å². The van der Waals surface area contributed by atoms with Gasteiger partial charge in [-0.25, -0.2) is 8.42 Å². The minimum absolute atomic E-state index is 0.00593. The van der Waals surface area contributed by atoms with Crippen LogP contribution in [0.3, 0.4) is 0 Å². The molecule has 1 N–H and O–H groups in total. The molecule has 11 heteroatoms. The van der Waals surface area contributed by atoms with Crippen LogP contribution in [0, 0.1) is 6.92 Å². The summed E-state index contributed by atoms with van der Waals surface area (Å²) in [6, 6.07) is 26.4. The maximum absolute atomic E-state index is 14.3. The minimum Gasteiger partial charge on any atom is -0.357 e. The summed E-state index contributed by atoms with van der Waals surface area (Å²) in [7, 11) is -2.76. The molecule has 0 saturated heterocycles. The molecule has 0 aromatic heterocycles. The molecule has 0 fully saturated rings. The number of halogens is 3. The van der Waals surface area contributed by atoms with Gasteiger partial charge in [-0.3, -0.25) is 13.9 Å². The molecule has 1 atom stereocenters. The molecule has 4 aromatic carbocycles. The molecule has 0 bridgehead atoms. The number of rotatable bonds is 11. The summed E-state index contributed by atoms with van der Waals surface area (Å²) in [4.78, 5) is 29.0. The van der Waals surface area contributed by atoms with Crippen LogP contribution in [0.15, 0.2) is 106 Å². The van der Waals surface area contributed by atoms with E-state index in [4.69, 9.17) is 23.2 Å². The molecule has 0 radical (unpaired) electrons. The normalized spacial score (nSPS) is 11.9. The number of nitrogens with one attached hydrogen (secondary N) is 1. The number of sulfonamides is 1. The molecule has 2 amide bonds. The van der Waals surface area contributed by atoms with Crippen molar-refractivity contribution in [3.05, 3.63) is 128 Å². The number of likely N-dealkylation sites (N-methyl/N-ethyl adjacent to an activating group) is 1. The van der Waals surface area contributed by atoms with Crippen molar-refractivity contribution in [1.29, 1.82) is 0 Å². The summed E-state index contributed by atoms with van der Waals surface area (Å²) in [5, 5.41) is 3.08. The maximum Gasteiger partial charge on any atom is 0.264 e. The number of carbonyl (C=O) groups is 2. The van der Waals surface area contributed by atoms with Gasteiger partial charge in [0.1, 0.15) is 12.6 Å². The van der Waals surface area contributed by atoms with Gasteiger partial charge >= 0.3 is 0 Å². The highest BCUT2D eigenvalue weighted by Gasteiger charge is 2.34. The maximum atomic E-state index is 14.3. The van der Waals surface area contributed by atoms with E-state index in [2.05, 4.69) is 21.2 Å². The van der Waals surface area contributed by atoms with Gasteiger partial charge in [-0.05, 0) is 60.5 Å². The summed E-state index contributed by atoms with van der Waals surface area (Å²) < 4.78 is 29.9. The SMILES string of the molecule is CNC(=O)[C@@H](Cc1ccccc1)N(Cc1ccc(Br)cc1)C(=O)CN(c1cc(Cl)cc(Cl)c1)S(=O)(=O)c1ccc(C)cc1. The number of hydrogen-bond donors (Lipinski definition) is 1. The molecule has 0 heterocycles. The van der Waals surface area contributed by atoms with Gasteiger partial charge in [-0.2, -0.15) is 0 Å². The summed E-state index contributed by atoms with van der Waals surface area (Å²) in [5.74, 6) is -0.965. The average Bonchev–Trinajstić information content (AvgIpc) is 2.98. The van der Waals surface area contributed by atoms with Gasteiger partial charge in [-0.15, -0.1) is 0 Å². The number of hydrogen-bond acceptors (Lipinski definition) is 4. The first-order chi connectivity index (χ1) is 20.5. The summed E-state index contributed by atoms with van der Waals surface area (Å²) in [5.41, 5.74) is 2.60. The van der Waals surface area contributed by atoms with Crippen LogP contribution < -0.4 is 9.62 Å². The van der Waals surface area contributed by atoms with Gasteiger partial charge in [0.05, 0.1) is 10.6 Å². The minimum atomic E-state index is -4.26. The Kier molecular flexibility index (Phi) is 10.9. The number of benzene rings is 4. The van der Waals surface area contributed by atoms with E-state index in [-0.39, 0.29) is 39.5 Å². The van der Waals surface area contributed by atoms with Crippen molar-refractivity contribution in [1.82, 2.24) is 10.2 Å². The molecule has 43 heavy (non-hydrogen) atoms. The smallest absolute Gasteiger partial charge is 0.264 e. The van der Waals surface area contributed by atoms with E-state index < -0.39 is 28.5 Å². The van der Waals surface area contributed by atoms with Crippen LogP contribution in [0.4, 0.5) is 5.69 Å². The Morgan fingerprint density at radius 2 is 1.47 bits per heavy atom. The van der Waals surface area contributed by atoms with E-state index in [9.17, 15) is 18.0 Å². The molecule has 4 aromatic rings. The van der Waals surface area contributed by atoms with Crippen molar-refractivity contribution in [3.8, 4) is 0 Å². The quantitative estimate of drug-likeness (QED) is 0.190. The Morgan fingerprint density at radius 3 is 2.05 bits per heavy atom. The monoisotopic (exact) mass is 701 g/mol. The highest BCUT2D eigenvalue weighted by atomic mass is 79.9. The van der Waals surface area contributed by atoms with Gasteiger partial charge < -0.3 is 10.2 Å². The van der Waals surface area contributed by atoms with Crippen LogP contribution in [0.25, 0.3) is 0 Å². The summed E-state index contributed by atoms with van der Waals surface area (Å²) >= 11 is 16.0. The van der Waals surface area contributed by atoms with E-state index in [1.165, 1.54) is 42.3 Å². The van der Waals surface area contributed by atoms with Crippen LogP contribution in [0.5, 0.6) is 0 Å². The van der Waals surface area contributed by atoms with E-state index in [0.29, 0.717) is 0 Å². The number of amides is 2. The topological polar surface area (TPSA) is 86.8 Å². The number of aryl methyl sites for hydroxylation is 1. The zero-order valence-electron chi connectivity index (χ0n) is 23.5. The van der Waals surface area contributed by atoms with E-state index in [1.54, 1.807) is 12.1 Å². The predicted molar refractivity (Wildman–Crippen MR) is 175 cm³/mol. The van der Waals surface area contributed by atoms with Crippen LogP contribution >= 0.6 is 39.1 Å². The van der Waals surface area contributed by atoms with Gasteiger partial charge in [0, 0.05) is 34.5 Å². The molecule has 0 aliphatic carbocycles. The van der Waals surface area contributed by atoms with Crippen molar-refractivity contribution in [2.24, 2.45) is 0 Å². The molecular formula is C32H30BrCl2N3O4S. The largest absolute Gasteiger partial charge is 0.357 e. The number of anilines is 1. The third-order valence-electron chi connectivity index (χ3n) is 6.81. The Morgan fingerprint density at radius 1 is 0.860 bits per heavy atom. The van der Waals surface area contributed by atoms with Gasteiger partial charge in [0.2, 0.25) is 11.8 Å². The molecule has 7 nitrogen and oxygen atoms in total. The lowest BCUT2D eigenvalue weighted by molar-refractivity contribution is -0.139. The van der Waals surface area contributed by atoms with Gasteiger partial charge in [0.15, 0.2) is 0 Å². The molecule has 0 saturated carbocycles. The fourth-order valence-corrected chi connectivity index (χ4v) is 6.73. The van der Waals surface area contributed by atoms with Crippen molar-refractivity contribution in [2.45, 2.75) is 30.8 Å². The standard InChI is InChI=1S/C32H30BrCl2N3O4S/c1-22-8-14-29(15-9-22)43(41,42)38(28-18-26(34)17-27(35)19-28)21-31(39)37(20-24-10-12-25(33)13-11-24)30(32(40)36-2)16-23-6-4-3-5-7-23/h3-15,17-19,30H,16,20-21H2,1-2H3,(H,36,40)/t30-/m1/s1. The second kappa shape index (κ2) is 14.4. The van der Waals surface area contributed by atoms with Gasteiger partial charge in [0.25, 0.3) is 10.0 Å². The highest BCUT2D eigenvalue weighted by molar-refractivity contribution is 9.10. The molecular weight excluding hydrogens is 673 g/mol. The third kappa shape index (κ3) is 8.38. The van der Waals surface area contributed by atoms with Crippen molar-refractivity contribution in [3.63, 3.8) is 0 Å².